The normalized spacial score (nSPS) is 14.9. The first-order chi connectivity index (χ1) is 12.8. The van der Waals surface area contributed by atoms with Crippen molar-refractivity contribution in [2.75, 3.05) is 18.1 Å². The molecule has 27 heavy (non-hydrogen) atoms. The van der Waals surface area contributed by atoms with Gasteiger partial charge in [0.2, 0.25) is 15.9 Å². The molecule has 2 aromatic carbocycles. The molecule has 0 bridgehead atoms. The summed E-state index contributed by atoms with van der Waals surface area (Å²) in [5.74, 6) is -0.0892. The second kappa shape index (κ2) is 7.37. The number of rotatable bonds is 5. The van der Waals surface area contributed by atoms with Crippen molar-refractivity contribution >= 4 is 27.5 Å². The van der Waals surface area contributed by atoms with E-state index in [0.29, 0.717) is 17.0 Å². The molecule has 3 rings (SSSR count). The highest BCUT2D eigenvalue weighted by Crippen LogP contribution is 2.31. The van der Waals surface area contributed by atoms with E-state index in [1.807, 2.05) is 0 Å². The molecule has 0 radical (unpaired) electrons. The van der Waals surface area contributed by atoms with Gasteiger partial charge in [-0.2, -0.15) is 0 Å². The molecule has 2 aromatic rings. The topological polar surface area (TPSA) is 119 Å². The number of hydrogen-bond acceptors (Lipinski definition) is 5. The van der Waals surface area contributed by atoms with Gasteiger partial charge in [-0.3, -0.25) is 14.5 Å². The van der Waals surface area contributed by atoms with Gasteiger partial charge in [-0.25, -0.2) is 13.6 Å². The molecule has 0 saturated heterocycles. The molecule has 1 aliphatic rings. The van der Waals surface area contributed by atoms with Crippen molar-refractivity contribution in [3.05, 3.63) is 54.1 Å². The van der Waals surface area contributed by atoms with Crippen molar-refractivity contribution in [1.82, 2.24) is 5.32 Å². The minimum Gasteiger partial charge on any atom is -0.482 e. The Morgan fingerprint density at radius 3 is 2.56 bits per heavy atom. The summed E-state index contributed by atoms with van der Waals surface area (Å²) in [6, 6.07) is 12.6. The van der Waals surface area contributed by atoms with Crippen molar-refractivity contribution < 1.29 is 22.7 Å². The number of primary sulfonamides is 1. The molecule has 3 N–H and O–H groups in total. The van der Waals surface area contributed by atoms with E-state index in [9.17, 15) is 18.0 Å². The Morgan fingerprint density at radius 2 is 1.89 bits per heavy atom. The summed E-state index contributed by atoms with van der Waals surface area (Å²) < 4.78 is 28.0. The van der Waals surface area contributed by atoms with E-state index in [0.717, 1.165) is 0 Å². The van der Waals surface area contributed by atoms with Crippen molar-refractivity contribution in [2.24, 2.45) is 5.14 Å². The smallest absolute Gasteiger partial charge is 0.265 e. The second-order valence-corrected chi connectivity index (χ2v) is 7.70. The number of nitrogens with zero attached hydrogens (tertiary/aromatic N) is 1. The summed E-state index contributed by atoms with van der Waals surface area (Å²) in [5.41, 5.74) is 1.26. The number of carbonyl (C=O) groups excluding carboxylic acids is 2. The summed E-state index contributed by atoms with van der Waals surface area (Å²) >= 11 is 0. The van der Waals surface area contributed by atoms with Gasteiger partial charge >= 0.3 is 0 Å². The van der Waals surface area contributed by atoms with Gasteiger partial charge in [0.15, 0.2) is 6.61 Å². The predicted octanol–water partition coefficient (Wildman–Crippen LogP) is 0.937. The lowest BCUT2D eigenvalue weighted by Crippen LogP contribution is -2.45. The molecule has 0 unspecified atom stereocenters. The van der Waals surface area contributed by atoms with E-state index in [4.69, 9.17) is 9.88 Å². The highest BCUT2D eigenvalue weighted by molar-refractivity contribution is 7.89. The SMILES string of the molecule is C[C@H](NC(=O)CN1C(=O)COc2ccccc21)c1ccc(S(N)(=O)=O)cc1. The lowest BCUT2D eigenvalue weighted by molar-refractivity contribution is -0.125. The van der Waals surface area contributed by atoms with E-state index in [2.05, 4.69) is 5.32 Å². The van der Waals surface area contributed by atoms with Crippen LogP contribution in [0.2, 0.25) is 0 Å². The van der Waals surface area contributed by atoms with E-state index >= 15 is 0 Å². The molecule has 142 valence electrons. The average Bonchev–Trinajstić information content (AvgIpc) is 2.63. The van der Waals surface area contributed by atoms with Crippen LogP contribution in [-0.4, -0.2) is 33.4 Å². The highest BCUT2D eigenvalue weighted by Gasteiger charge is 2.27. The lowest BCUT2D eigenvalue weighted by atomic mass is 10.1. The first kappa shape index (κ1) is 18.9. The fourth-order valence-electron chi connectivity index (χ4n) is 2.79. The standard InChI is InChI=1S/C18H19N3O5S/c1-12(13-6-8-14(9-7-13)27(19,24)25)20-17(22)10-21-15-4-2-3-5-16(15)26-11-18(21)23/h2-9,12H,10-11H2,1H3,(H,20,22)(H2,19,24,25)/t12-/m0/s1. The molecule has 0 spiro atoms. The van der Waals surface area contributed by atoms with Crippen LogP contribution in [0.3, 0.4) is 0 Å². The Bertz CT molecular complexity index is 973. The number of ether oxygens (including phenoxy) is 1. The first-order valence-electron chi connectivity index (χ1n) is 8.20. The number of hydrogen-bond donors (Lipinski definition) is 2. The maximum absolute atomic E-state index is 12.4. The van der Waals surface area contributed by atoms with Gasteiger partial charge in [0.1, 0.15) is 12.3 Å². The molecule has 1 heterocycles. The molecule has 1 atom stereocenters. The molecule has 0 fully saturated rings. The van der Waals surface area contributed by atoms with Crippen molar-refractivity contribution in [2.45, 2.75) is 17.9 Å². The zero-order valence-corrected chi connectivity index (χ0v) is 15.4. The molecule has 0 aromatic heterocycles. The third-order valence-electron chi connectivity index (χ3n) is 4.20. The molecular formula is C18H19N3O5S. The Kier molecular flexibility index (Phi) is 5.15. The minimum absolute atomic E-state index is 0.000275. The Morgan fingerprint density at radius 1 is 1.22 bits per heavy atom. The summed E-state index contributed by atoms with van der Waals surface area (Å²) in [5, 5.41) is 7.87. The first-order valence-corrected chi connectivity index (χ1v) is 9.74. The van der Waals surface area contributed by atoms with Gasteiger partial charge < -0.3 is 10.1 Å². The van der Waals surface area contributed by atoms with Crippen LogP contribution in [0.5, 0.6) is 5.75 Å². The zero-order chi connectivity index (χ0) is 19.6. The van der Waals surface area contributed by atoms with E-state index in [1.54, 1.807) is 43.3 Å². The highest BCUT2D eigenvalue weighted by atomic mass is 32.2. The number of nitrogens with two attached hydrogens (primary N) is 1. The lowest BCUT2D eigenvalue weighted by Gasteiger charge is -2.29. The van der Waals surface area contributed by atoms with E-state index < -0.39 is 10.0 Å². The van der Waals surface area contributed by atoms with Crippen molar-refractivity contribution in [3.8, 4) is 5.75 Å². The van der Waals surface area contributed by atoms with Gasteiger partial charge in [0.05, 0.1) is 16.6 Å². The average molecular weight is 389 g/mol. The molecule has 1 aliphatic heterocycles. The van der Waals surface area contributed by atoms with Crippen LogP contribution in [0.4, 0.5) is 5.69 Å². The van der Waals surface area contributed by atoms with E-state index in [1.165, 1.54) is 17.0 Å². The van der Waals surface area contributed by atoms with Gasteiger partial charge in [-0.15, -0.1) is 0 Å². The summed E-state index contributed by atoms with van der Waals surface area (Å²) in [6.45, 7) is 1.51. The largest absolute Gasteiger partial charge is 0.482 e. The number of anilines is 1. The molecule has 0 saturated carbocycles. The Balaban J connectivity index is 1.68. The number of fused-ring (bicyclic) bond motifs is 1. The molecular weight excluding hydrogens is 370 g/mol. The van der Waals surface area contributed by atoms with Crippen LogP contribution in [0.1, 0.15) is 18.5 Å². The third-order valence-corrected chi connectivity index (χ3v) is 5.13. The van der Waals surface area contributed by atoms with Crippen LogP contribution < -0.4 is 20.1 Å². The maximum Gasteiger partial charge on any atom is 0.265 e. The summed E-state index contributed by atoms with van der Waals surface area (Å²) in [6.07, 6.45) is 0. The number of carbonyl (C=O) groups is 2. The number of para-hydroxylation sites is 2. The van der Waals surface area contributed by atoms with Crippen LogP contribution in [0.15, 0.2) is 53.4 Å². The molecule has 2 amide bonds. The minimum atomic E-state index is -3.77. The predicted molar refractivity (Wildman–Crippen MR) is 98.7 cm³/mol. The number of sulfonamides is 1. The fraction of sp³-hybridized carbons (Fsp3) is 0.222. The van der Waals surface area contributed by atoms with Gasteiger partial charge in [0.25, 0.3) is 5.91 Å². The Hall–Kier alpha value is -2.91. The summed E-state index contributed by atoms with van der Waals surface area (Å²) in [7, 11) is -3.77. The van der Waals surface area contributed by atoms with Gasteiger partial charge in [-0.05, 0) is 36.8 Å². The molecule has 8 nitrogen and oxygen atoms in total. The van der Waals surface area contributed by atoms with Crippen LogP contribution in [0.25, 0.3) is 0 Å². The zero-order valence-electron chi connectivity index (χ0n) is 14.6. The third kappa shape index (κ3) is 4.26. The van der Waals surface area contributed by atoms with Crippen molar-refractivity contribution in [3.63, 3.8) is 0 Å². The van der Waals surface area contributed by atoms with Gasteiger partial charge in [-0.1, -0.05) is 24.3 Å². The fourth-order valence-corrected chi connectivity index (χ4v) is 3.30. The monoisotopic (exact) mass is 389 g/mol. The molecule has 0 aliphatic carbocycles. The van der Waals surface area contributed by atoms with Crippen LogP contribution >= 0.6 is 0 Å². The number of amides is 2. The Labute approximate surface area is 157 Å². The number of benzene rings is 2. The van der Waals surface area contributed by atoms with Gasteiger partial charge in [0, 0.05) is 0 Å². The quantitative estimate of drug-likeness (QED) is 0.789. The van der Waals surface area contributed by atoms with Crippen LogP contribution in [0, 0.1) is 0 Å². The summed E-state index contributed by atoms with van der Waals surface area (Å²) in [4.78, 5) is 25.9. The van der Waals surface area contributed by atoms with E-state index in [-0.39, 0.29) is 35.9 Å². The molecule has 9 heteroatoms. The second-order valence-electron chi connectivity index (χ2n) is 6.14. The maximum atomic E-state index is 12.4. The van der Waals surface area contributed by atoms with Crippen molar-refractivity contribution in [1.29, 1.82) is 0 Å². The van der Waals surface area contributed by atoms with Crippen LogP contribution in [-0.2, 0) is 19.6 Å². The number of nitrogens with one attached hydrogen (secondary N) is 1.